The summed E-state index contributed by atoms with van der Waals surface area (Å²) < 4.78 is 13.1. The lowest BCUT2D eigenvalue weighted by atomic mass is 10.1. The topological polar surface area (TPSA) is 178 Å². The molecule has 0 spiro atoms. The van der Waals surface area contributed by atoms with Crippen LogP contribution in [0.2, 0.25) is 0 Å². The van der Waals surface area contributed by atoms with E-state index in [4.69, 9.17) is 30.2 Å². The molecule has 0 aliphatic carbocycles. The Bertz CT molecular complexity index is 1080. The van der Waals surface area contributed by atoms with Crippen molar-refractivity contribution in [2.45, 2.75) is 32.6 Å². The molecule has 0 saturated carbocycles. The highest BCUT2D eigenvalue weighted by atomic mass is 16.6. The molecule has 1 fully saturated rings. The number of ether oxygens (including phenoxy) is 2. The molecule has 0 bridgehead atoms. The number of anilines is 2. The van der Waals surface area contributed by atoms with Gasteiger partial charge < -0.3 is 35.3 Å². The van der Waals surface area contributed by atoms with Gasteiger partial charge in [-0.25, -0.2) is 9.79 Å². The van der Waals surface area contributed by atoms with Gasteiger partial charge in [-0.15, -0.1) is 0 Å². The Morgan fingerprint density at radius 3 is 2.80 bits per heavy atom. The SMILES string of the molecule is CC(=O)OCC1CC(C)C(n2cc3c(N)cc(=O)nc4c3c2N=CN4)O1.O=C(O)O. The first-order valence-corrected chi connectivity index (χ1v) is 9.02. The molecule has 2 aromatic rings. The van der Waals surface area contributed by atoms with E-state index in [2.05, 4.69) is 22.2 Å². The number of nitrogens with one attached hydrogen (secondary N) is 1. The maximum atomic E-state index is 11.8. The number of esters is 1. The second-order valence-corrected chi connectivity index (χ2v) is 6.90. The highest BCUT2D eigenvalue weighted by Crippen LogP contribution is 2.43. The zero-order valence-electron chi connectivity index (χ0n) is 16.2. The van der Waals surface area contributed by atoms with E-state index in [1.54, 1.807) is 0 Å². The average Bonchev–Trinajstić information content (AvgIpc) is 3.16. The van der Waals surface area contributed by atoms with Gasteiger partial charge in [-0.2, -0.15) is 4.98 Å². The zero-order chi connectivity index (χ0) is 22.0. The molecule has 0 amide bonds. The van der Waals surface area contributed by atoms with Crippen LogP contribution in [-0.2, 0) is 14.3 Å². The van der Waals surface area contributed by atoms with Crippen LogP contribution in [0.3, 0.4) is 0 Å². The van der Waals surface area contributed by atoms with Gasteiger partial charge in [0.25, 0.3) is 5.56 Å². The van der Waals surface area contributed by atoms with Crippen LogP contribution in [0, 0.1) is 5.92 Å². The number of hydrogen-bond acceptors (Lipinski definition) is 9. The van der Waals surface area contributed by atoms with Crippen LogP contribution in [-0.4, -0.2) is 50.9 Å². The first kappa shape index (κ1) is 21.0. The zero-order valence-corrected chi connectivity index (χ0v) is 16.2. The van der Waals surface area contributed by atoms with Crippen molar-refractivity contribution in [2.24, 2.45) is 10.9 Å². The summed E-state index contributed by atoms with van der Waals surface area (Å²) in [5.41, 5.74) is 6.00. The van der Waals surface area contributed by atoms with Crippen LogP contribution in [0.25, 0.3) is 10.8 Å². The lowest BCUT2D eigenvalue weighted by Gasteiger charge is -2.20. The predicted molar refractivity (Wildman–Crippen MR) is 107 cm³/mol. The minimum absolute atomic E-state index is 0.179. The molecule has 160 valence electrons. The van der Waals surface area contributed by atoms with Gasteiger partial charge >= 0.3 is 12.1 Å². The Hall–Kier alpha value is -3.67. The monoisotopic (exact) mass is 419 g/mol. The van der Waals surface area contributed by atoms with Crippen LogP contribution in [0.1, 0.15) is 26.5 Å². The molecule has 0 radical (unpaired) electrons. The molecule has 30 heavy (non-hydrogen) atoms. The Labute approximate surface area is 169 Å². The van der Waals surface area contributed by atoms with Crippen LogP contribution < -0.4 is 16.6 Å². The van der Waals surface area contributed by atoms with Crippen molar-refractivity contribution < 1.29 is 29.3 Å². The highest BCUT2D eigenvalue weighted by molar-refractivity contribution is 6.10. The molecule has 12 nitrogen and oxygen atoms in total. The fraction of sp³-hybridized carbons (Fsp3) is 0.389. The summed E-state index contributed by atoms with van der Waals surface area (Å²) in [5.74, 6) is 0.910. The molecular formula is C18H21N5O7. The largest absolute Gasteiger partial charge is 0.503 e. The molecule has 2 aliphatic heterocycles. The fourth-order valence-corrected chi connectivity index (χ4v) is 3.54. The third-order valence-electron chi connectivity index (χ3n) is 4.64. The summed E-state index contributed by atoms with van der Waals surface area (Å²) in [7, 11) is 0. The van der Waals surface area contributed by atoms with Gasteiger partial charge in [0.1, 0.15) is 24.5 Å². The van der Waals surface area contributed by atoms with Crippen molar-refractivity contribution in [1.82, 2.24) is 9.55 Å². The number of carbonyl (C=O) groups is 2. The minimum atomic E-state index is -1.83. The molecule has 3 unspecified atom stereocenters. The maximum Gasteiger partial charge on any atom is 0.503 e. The Balaban J connectivity index is 0.000000589. The van der Waals surface area contributed by atoms with Crippen molar-refractivity contribution in [3.63, 3.8) is 0 Å². The van der Waals surface area contributed by atoms with Crippen molar-refractivity contribution in [1.29, 1.82) is 0 Å². The number of carboxylic acid groups (broad SMARTS) is 2. The van der Waals surface area contributed by atoms with Gasteiger partial charge in [-0.05, 0) is 6.42 Å². The van der Waals surface area contributed by atoms with Gasteiger partial charge in [0, 0.05) is 36.2 Å². The standard InChI is InChI=1S/C17H19N5O4.CH2O3/c1-8-3-10(6-25-9(2)23)26-17(8)22-5-11-12(18)4-13(24)21-15-14(11)16(22)20-7-19-15;2-1(3)4/h4-5,7-8,10,17H,3,6,18H2,1-2H3,(H,19,20,21,24);(H2,2,3,4). The highest BCUT2D eigenvalue weighted by Gasteiger charge is 2.36. The second-order valence-electron chi connectivity index (χ2n) is 6.90. The molecule has 3 atom stereocenters. The third-order valence-corrected chi connectivity index (χ3v) is 4.64. The van der Waals surface area contributed by atoms with E-state index in [0.717, 1.165) is 6.42 Å². The molecule has 4 rings (SSSR count). The fourth-order valence-electron chi connectivity index (χ4n) is 3.54. The molecule has 1 saturated heterocycles. The summed E-state index contributed by atoms with van der Waals surface area (Å²) in [5, 5.41) is 18.2. The smallest absolute Gasteiger partial charge is 0.463 e. The van der Waals surface area contributed by atoms with E-state index in [9.17, 15) is 9.59 Å². The summed E-state index contributed by atoms with van der Waals surface area (Å²) >= 11 is 0. The summed E-state index contributed by atoms with van der Waals surface area (Å²) in [6, 6.07) is 1.30. The summed E-state index contributed by atoms with van der Waals surface area (Å²) in [6.07, 6.45) is 1.79. The molecule has 4 heterocycles. The van der Waals surface area contributed by atoms with Crippen molar-refractivity contribution >= 4 is 46.6 Å². The normalized spacial score (nSPS) is 21.5. The van der Waals surface area contributed by atoms with E-state index in [0.29, 0.717) is 28.1 Å². The van der Waals surface area contributed by atoms with Crippen LogP contribution in [0.4, 0.5) is 22.1 Å². The number of aliphatic imine (C=N–C) groups is 1. The van der Waals surface area contributed by atoms with Gasteiger partial charge in [-0.3, -0.25) is 9.59 Å². The summed E-state index contributed by atoms with van der Waals surface area (Å²) in [4.78, 5) is 39.9. The van der Waals surface area contributed by atoms with Crippen molar-refractivity contribution in [2.75, 3.05) is 17.7 Å². The van der Waals surface area contributed by atoms with Crippen molar-refractivity contribution in [3.8, 4) is 0 Å². The molecular weight excluding hydrogens is 398 g/mol. The van der Waals surface area contributed by atoms with Gasteiger partial charge in [0.2, 0.25) is 0 Å². The molecule has 0 aromatic carbocycles. The number of nitrogen functional groups attached to an aromatic ring is 1. The quantitative estimate of drug-likeness (QED) is 0.536. The second kappa shape index (κ2) is 8.37. The molecule has 12 heteroatoms. The predicted octanol–water partition coefficient (Wildman–Crippen LogP) is 1.77. The Morgan fingerprint density at radius 2 is 2.13 bits per heavy atom. The van der Waals surface area contributed by atoms with E-state index >= 15 is 0 Å². The van der Waals surface area contributed by atoms with Gasteiger partial charge in [0.15, 0.2) is 0 Å². The van der Waals surface area contributed by atoms with Crippen LogP contribution in [0.15, 0.2) is 22.1 Å². The number of aromatic nitrogens is 2. The number of carbonyl (C=O) groups excluding carboxylic acids is 1. The first-order valence-electron chi connectivity index (χ1n) is 9.02. The van der Waals surface area contributed by atoms with Crippen molar-refractivity contribution in [3.05, 3.63) is 22.6 Å². The summed E-state index contributed by atoms with van der Waals surface area (Å²) in [6.45, 7) is 3.67. The lowest BCUT2D eigenvalue weighted by molar-refractivity contribution is -0.145. The lowest BCUT2D eigenvalue weighted by Crippen LogP contribution is -2.18. The first-order chi connectivity index (χ1) is 14.2. The number of nitrogens with two attached hydrogens (primary N) is 1. The number of hydrogen-bond donors (Lipinski definition) is 4. The van der Waals surface area contributed by atoms with Crippen LogP contribution >= 0.6 is 0 Å². The number of nitrogens with zero attached hydrogens (tertiary/aromatic N) is 3. The van der Waals surface area contributed by atoms with E-state index in [-0.39, 0.29) is 30.8 Å². The Kier molecular flexibility index (Phi) is 5.87. The van der Waals surface area contributed by atoms with Crippen LogP contribution in [0.5, 0.6) is 0 Å². The minimum Gasteiger partial charge on any atom is -0.463 e. The molecule has 5 N–H and O–H groups in total. The molecule has 2 aromatic heterocycles. The van der Waals surface area contributed by atoms with Gasteiger partial charge in [0.05, 0.1) is 17.8 Å². The maximum absolute atomic E-state index is 11.8. The Morgan fingerprint density at radius 1 is 1.43 bits per heavy atom. The van der Waals surface area contributed by atoms with E-state index in [1.165, 1.54) is 19.3 Å². The molecule has 2 aliphatic rings. The van der Waals surface area contributed by atoms with E-state index < -0.39 is 11.7 Å². The number of rotatable bonds is 3. The third kappa shape index (κ3) is 4.33. The van der Waals surface area contributed by atoms with E-state index in [1.807, 2.05) is 10.8 Å². The van der Waals surface area contributed by atoms with Gasteiger partial charge in [-0.1, -0.05) is 6.92 Å². The average molecular weight is 419 g/mol.